The molecule has 0 aliphatic carbocycles. The molecule has 5 nitrogen and oxygen atoms in total. The van der Waals surface area contributed by atoms with Gasteiger partial charge < -0.3 is 10.6 Å². The van der Waals surface area contributed by atoms with Gasteiger partial charge in [0.15, 0.2) is 0 Å². The fourth-order valence-electron chi connectivity index (χ4n) is 2.55. The number of likely N-dealkylation sites (tertiary alicyclic amines) is 1. The SMILES string of the molecule is CN1CCC(CNS(=O)(=O)Cc2cccc(CN)c2)C1. The van der Waals surface area contributed by atoms with Crippen molar-refractivity contribution >= 4 is 10.0 Å². The first kappa shape index (κ1) is 15.4. The van der Waals surface area contributed by atoms with Gasteiger partial charge in [-0.1, -0.05) is 24.3 Å². The van der Waals surface area contributed by atoms with Crippen molar-refractivity contribution in [3.05, 3.63) is 35.4 Å². The van der Waals surface area contributed by atoms with Crippen LogP contribution in [0.25, 0.3) is 0 Å². The normalized spacial score (nSPS) is 20.4. The van der Waals surface area contributed by atoms with E-state index in [1.807, 2.05) is 24.3 Å². The molecule has 1 heterocycles. The summed E-state index contributed by atoms with van der Waals surface area (Å²) in [6, 6.07) is 7.42. The molecule has 1 aromatic carbocycles. The van der Waals surface area contributed by atoms with Crippen LogP contribution in [-0.4, -0.2) is 40.0 Å². The third kappa shape index (κ3) is 4.56. The van der Waals surface area contributed by atoms with Gasteiger partial charge in [-0.25, -0.2) is 13.1 Å². The lowest BCUT2D eigenvalue weighted by atomic mass is 10.1. The molecule has 0 amide bonds. The highest BCUT2D eigenvalue weighted by molar-refractivity contribution is 7.88. The predicted molar refractivity (Wildman–Crippen MR) is 80.6 cm³/mol. The lowest BCUT2D eigenvalue weighted by Gasteiger charge is -2.12. The van der Waals surface area contributed by atoms with Crippen molar-refractivity contribution in [2.75, 3.05) is 26.7 Å². The van der Waals surface area contributed by atoms with Gasteiger partial charge in [0.05, 0.1) is 5.75 Å². The summed E-state index contributed by atoms with van der Waals surface area (Å²) >= 11 is 0. The Morgan fingerprint density at radius 3 is 2.80 bits per heavy atom. The molecule has 0 bridgehead atoms. The van der Waals surface area contributed by atoms with Gasteiger partial charge in [0.25, 0.3) is 0 Å². The molecule has 2 rings (SSSR count). The van der Waals surface area contributed by atoms with Crippen molar-refractivity contribution in [2.45, 2.75) is 18.7 Å². The van der Waals surface area contributed by atoms with Gasteiger partial charge in [-0.05, 0) is 37.1 Å². The molecule has 1 unspecified atom stereocenters. The van der Waals surface area contributed by atoms with Crippen molar-refractivity contribution in [1.82, 2.24) is 9.62 Å². The molecular weight excluding hydrogens is 274 g/mol. The Labute approximate surface area is 121 Å². The first-order valence-electron chi connectivity index (χ1n) is 6.92. The average molecular weight is 297 g/mol. The van der Waals surface area contributed by atoms with Crippen molar-refractivity contribution in [3.8, 4) is 0 Å². The molecule has 0 radical (unpaired) electrons. The zero-order chi connectivity index (χ0) is 14.6. The van der Waals surface area contributed by atoms with E-state index < -0.39 is 10.0 Å². The number of benzene rings is 1. The quantitative estimate of drug-likeness (QED) is 0.802. The fourth-order valence-corrected chi connectivity index (χ4v) is 3.76. The minimum atomic E-state index is -3.27. The Hall–Kier alpha value is -0.950. The van der Waals surface area contributed by atoms with E-state index in [0.29, 0.717) is 19.0 Å². The van der Waals surface area contributed by atoms with Gasteiger partial charge >= 0.3 is 0 Å². The second-order valence-electron chi connectivity index (χ2n) is 5.55. The van der Waals surface area contributed by atoms with Gasteiger partial charge in [-0.15, -0.1) is 0 Å². The lowest BCUT2D eigenvalue weighted by Crippen LogP contribution is -2.31. The maximum absolute atomic E-state index is 12.1. The number of hydrogen-bond donors (Lipinski definition) is 2. The Morgan fingerprint density at radius 1 is 1.40 bits per heavy atom. The van der Waals surface area contributed by atoms with E-state index in [2.05, 4.69) is 16.7 Å². The van der Waals surface area contributed by atoms with Crippen LogP contribution in [-0.2, 0) is 22.3 Å². The third-order valence-corrected chi connectivity index (χ3v) is 4.98. The molecule has 20 heavy (non-hydrogen) atoms. The molecule has 1 atom stereocenters. The van der Waals surface area contributed by atoms with Gasteiger partial charge in [0.1, 0.15) is 0 Å². The number of nitrogens with two attached hydrogens (primary N) is 1. The van der Waals surface area contributed by atoms with E-state index in [-0.39, 0.29) is 5.75 Å². The largest absolute Gasteiger partial charge is 0.326 e. The van der Waals surface area contributed by atoms with Crippen LogP contribution in [0.2, 0.25) is 0 Å². The van der Waals surface area contributed by atoms with Crippen molar-refractivity contribution < 1.29 is 8.42 Å². The zero-order valence-electron chi connectivity index (χ0n) is 11.9. The summed E-state index contributed by atoms with van der Waals surface area (Å²) < 4.78 is 26.9. The standard InChI is InChI=1S/C14H23N3O2S/c1-17-6-5-14(10-17)9-16-20(18,19)11-13-4-2-3-12(7-13)8-15/h2-4,7,14,16H,5-6,8-11,15H2,1H3. The van der Waals surface area contributed by atoms with Crippen molar-refractivity contribution in [1.29, 1.82) is 0 Å². The summed E-state index contributed by atoms with van der Waals surface area (Å²) in [4.78, 5) is 2.23. The van der Waals surface area contributed by atoms with E-state index in [9.17, 15) is 8.42 Å². The molecule has 1 saturated heterocycles. The number of nitrogens with one attached hydrogen (secondary N) is 1. The van der Waals surface area contributed by atoms with E-state index in [0.717, 1.165) is 30.6 Å². The second-order valence-corrected chi connectivity index (χ2v) is 7.36. The first-order chi connectivity index (χ1) is 9.48. The van der Waals surface area contributed by atoms with Gasteiger partial charge in [0, 0.05) is 19.6 Å². The average Bonchev–Trinajstić information content (AvgIpc) is 2.82. The van der Waals surface area contributed by atoms with E-state index in [1.165, 1.54) is 0 Å². The van der Waals surface area contributed by atoms with Crippen LogP contribution in [0.15, 0.2) is 24.3 Å². The topological polar surface area (TPSA) is 75.4 Å². The number of sulfonamides is 1. The molecule has 0 spiro atoms. The minimum absolute atomic E-state index is 0.0173. The molecule has 0 aromatic heterocycles. The Balaban J connectivity index is 1.90. The van der Waals surface area contributed by atoms with Crippen molar-refractivity contribution in [2.24, 2.45) is 11.7 Å². The van der Waals surface area contributed by atoms with Crippen LogP contribution in [0.5, 0.6) is 0 Å². The Morgan fingerprint density at radius 2 is 2.15 bits per heavy atom. The summed E-state index contributed by atoms with van der Waals surface area (Å²) in [6.45, 7) is 2.97. The summed E-state index contributed by atoms with van der Waals surface area (Å²) in [5.41, 5.74) is 7.30. The molecular formula is C14H23N3O2S. The number of hydrogen-bond acceptors (Lipinski definition) is 4. The molecule has 6 heteroatoms. The van der Waals surface area contributed by atoms with Crippen LogP contribution in [0.3, 0.4) is 0 Å². The molecule has 3 N–H and O–H groups in total. The van der Waals surface area contributed by atoms with Gasteiger partial charge in [-0.3, -0.25) is 0 Å². The Kier molecular flexibility index (Phi) is 5.15. The molecule has 1 aliphatic rings. The van der Waals surface area contributed by atoms with E-state index in [1.54, 1.807) is 0 Å². The first-order valence-corrected chi connectivity index (χ1v) is 8.57. The highest BCUT2D eigenvalue weighted by Crippen LogP contribution is 2.14. The molecule has 1 aliphatic heterocycles. The molecule has 112 valence electrons. The van der Waals surface area contributed by atoms with Crippen LogP contribution in [0.4, 0.5) is 0 Å². The molecule has 1 aromatic rings. The summed E-state index contributed by atoms with van der Waals surface area (Å²) in [7, 11) is -1.21. The second kappa shape index (κ2) is 6.67. The number of rotatable bonds is 6. The highest BCUT2D eigenvalue weighted by Gasteiger charge is 2.21. The van der Waals surface area contributed by atoms with Crippen LogP contribution < -0.4 is 10.5 Å². The van der Waals surface area contributed by atoms with E-state index in [4.69, 9.17) is 5.73 Å². The summed E-state index contributed by atoms with van der Waals surface area (Å²) in [6.07, 6.45) is 1.06. The van der Waals surface area contributed by atoms with Crippen LogP contribution >= 0.6 is 0 Å². The monoisotopic (exact) mass is 297 g/mol. The predicted octanol–water partition coefficient (Wildman–Crippen LogP) is 0.516. The number of nitrogens with zero attached hydrogens (tertiary/aromatic N) is 1. The van der Waals surface area contributed by atoms with Crippen LogP contribution in [0.1, 0.15) is 17.5 Å². The highest BCUT2D eigenvalue weighted by atomic mass is 32.2. The van der Waals surface area contributed by atoms with Crippen molar-refractivity contribution in [3.63, 3.8) is 0 Å². The van der Waals surface area contributed by atoms with E-state index >= 15 is 0 Å². The third-order valence-electron chi connectivity index (χ3n) is 3.66. The Bertz CT molecular complexity index is 545. The molecule has 1 fully saturated rings. The summed E-state index contributed by atoms with van der Waals surface area (Å²) in [5, 5.41) is 0. The minimum Gasteiger partial charge on any atom is -0.326 e. The summed E-state index contributed by atoms with van der Waals surface area (Å²) in [5.74, 6) is 0.439. The maximum Gasteiger partial charge on any atom is 0.215 e. The van der Waals surface area contributed by atoms with Crippen LogP contribution in [0, 0.1) is 5.92 Å². The van der Waals surface area contributed by atoms with Gasteiger partial charge in [-0.2, -0.15) is 0 Å². The molecule has 0 saturated carbocycles. The lowest BCUT2D eigenvalue weighted by molar-refractivity contribution is 0.394. The maximum atomic E-state index is 12.1. The van der Waals surface area contributed by atoms with Gasteiger partial charge in [0.2, 0.25) is 10.0 Å². The fraction of sp³-hybridized carbons (Fsp3) is 0.571. The zero-order valence-corrected chi connectivity index (χ0v) is 12.7. The smallest absolute Gasteiger partial charge is 0.215 e.